The summed E-state index contributed by atoms with van der Waals surface area (Å²) in [5, 5.41) is 4.37. The number of hydrogen-bond donors (Lipinski definition) is 1. The molecule has 0 radical (unpaired) electrons. The monoisotopic (exact) mass is 407 g/mol. The number of hydrogen-bond acceptors (Lipinski definition) is 3. The van der Waals surface area contributed by atoms with E-state index in [9.17, 15) is 4.79 Å². The van der Waals surface area contributed by atoms with Crippen molar-refractivity contribution in [2.45, 2.75) is 18.9 Å². The third kappa shape index (κ3) is 4.66. The first-order valence-electron chi connectivity index (χ1n) is 6.12. The molecule has 20 heavy (non-hydrogen) atoms. The Morgan fingerprint density at radius 3 is 2.30 bits per heavy atom. The minimum atomic E-state index is -0.298. The molecule has 1 aromatic carbocycles. The molecule has 0 heterocycles. The Hall–Kier alpha value is -0.750. The van der Waals surface area contributed by atoms with Gasteiger partial charge in [-0.3, -0.25) is 4.79 Å². The molecule has 0 saturated heterocycles. The minimum absolute atomic E-state index is 0.0291. The molecule has 0 aromatic heterocycles. The zero-order chi connectivity index (χ0) is 15.2. The van der Waals surface area contributed by atoms with Gasteiger partial charge in [0.15, 0.2) is 11.5 Å². The zero-order valence-electron chi connectivity index (χ0n) is 11.8. The Bertz CT molecular complexity index is 462. The summed E-state index contributed by atoms with van der Waals surface area (Å²) in [6, 6.07) is 5.48. The van der Waals surface area contributed by atoms with Crippen LogP contribution < -0.4 is 14.8 Å². The number of methoxy groups -OCH3 is 2. The maximum atomic E-state index is 12.1. The summed E-state index contributed by atoms with van der Waals surface area (Å²) in [6.45, 7) is 1.98. The fraction of sp³-hybridized carbons (Fsp3) is 0.500. The van der Waals surface area contributed by atoms with Gasteiger partial charge in [-0.15, -0.1) is 0 Å². The van der Waals surface area contributed by atoms with Crippen molar-refractivity contribution >= 4 is 37.8 Å². The van der Waals surface area contributed by atoms with E-state index < -0.39 is 0 Å². The molecule has 0 saturated carbocycles. The fourth-order valence-corrected chi connectivity index (χ4v) is 2.87. The number of ether oxygens (including phenoxy) is 2. The van der Waals surface area contributed by atoms with Gasteiger partial charge in [0, 0.05) is 10.7 Å². The van der Waals surface area contributed by atoms with Crippen LogP contribution >= 0.6 is 31.9 Å². The summed E-state index contributed by atoms with van der Waals surface area (Å²) < 4.78 is 10.4. The van der Waals surface area contributed by atoms with Crippen molar-refractivity contribution in [3.05, 3.63) is 23.8 Å². The molecule has 0 aliphatic heterocycles. The molecule has 0 aliphatic carbocycles. The van der Waals surface area contributed by atoms with Crippen LogP contribution in [0.4, 0.5) is 0 Å². The van der Waals surface area contributed by atoms with E-state index in [-0.39, 0.29) is 11.4 Å². The van der Waals surface area contributed by atoms with E-state index in [2.05, 4.69) is 37.2 Å². The van der Waals surface area contributed by atoms with Gasteiger partial charge in [-0.05, 0) is 24.6 Å². The number of rotatable bonds is 7. The third-order valence-electron chi connectivity index (χ3n) is 2.84. The molecule has 0 atom stereocenters. The molecular formula is C14H19Br2NO3. The van der Waals surface area contributed by atoms with E-state index in [0.29, 0.717) is 28.6 Å². The summed E-state index contributed by atoms with van der Waals surface area (Å²) >= 11 is 6.81. The van der Waals surface area contributed by atoms with Crippen molar-refractivity contribution in [2.24, 2.45) is 0 Å². The maximum absolute atomic E-state index is 12.1. The molecule has 0 unspecified atom stereocenters. The number of amides is 1. The Balaban J connectivity index is 2.76. The van der Waals surface area contributed by atoms with E-state index in [4.69, 9.17) is 9.47 Å². The van der Waals surface area contributed by atoms with E-state index in [1.54, 1.807) is 20.3 Å². The summed E-state index contributed by atoms with van der Waals surface area (Å²) in [5.74, 6) is 1.25. The smallest absolute Gasteiger partial charge is 0.224 e. The van der Waals surface area contributed by atoms with E-state index >= 15 is 0 Å². The van der Waals surface area contributed by atoms with Crippen LogP contribution in [0.3, 0.4) is 0 Å². The molecule has 1 aromatic rings. The lowest BCUT2D eigenvalue weighted by atomic mass is 10.1. The maximum Gasteiger partial charge on any atom is 0.224 e. The van der Waals surface area contributed by atoms with Crippen LogP contribution in [0, 0.1) is 0 Å². The second-order valence-electron chi connectivity index (χ2n) is 4.74. The highest BCUT2D eigenvalue weighted by Gasteiger charge is 2.23. The van der Waals surface area contributed by atoms with Crippen molar-refractivity contribution in [1.29, 1.82) is 0 Å². The lowest BCUT2D eigenvalue weighted by molar-refractivity contribution is -0.121. The van der Waals surface area contributed by atoms with Crippen molar-refractivity contribution in [3.8, 4) is 11.5 Å². The molecule has 0 spiro atoms. The number of benzene rings is 1. The van der Waals surface area contributed by atoms with E-state index in [0.717, 1.165) is 5.56 Å². The first-order valence-corrected chi connectivity index (χ1v) is 8.36. The fourth-order valence-electron chi connectivity index (χ4n) is 1.66. The largest absolute Gasteiger partial charge is 0.493 e. The van der Waals surface area contributed by atoms with Crippen LogP contribution in [0.25, 0.3) is 0 Å². The Morgan fingerprint density at radius 1 is 1.20 bits per heavy atom. The van der Waals surface area contributed by atoms with Gasteiger partial charge in [-0.2, -0.15) is 0 Å². The molecule has 1 N–H and O–H groups in total. The minimum Gasteiger partial charge on any atom is -0.493 e. The third-order valence-corrected chi connectivity index (χ3v) is 5.32. The van der Waals surface area contributed by atoms with Gasteiger partial charge in [0.2, 0.25) is 5.91 Å². The van der Waals surface area contributed by atoms with Crippen LogP contribution in [0.1, 0.15) is 12.5 Å². The SMILES string of the molecule is COc1ccc(CC(=O)NC(C)(CBr)CBr)cc1OC. The van der Waals surface area contributed by atoms with Crippen LogP contribution in [-0.4, -0.2) is 36.3 Å². The van der Waals surface area contributed by atoms with Crippen LogP contribution in [0.2, 0.25) is 0 Å². The van der Waals surface area contributed by atoms with Gasteiger partial charge >= 0.3 is 0 Å². The molecule has 4 nitrogen and oxygen atoms in total. The van der Waals surface area contributed by atoms with E-state index in [1.807, 2.05) is 19.1 Å². The topological polar surface area (TPSA) is 47.6 Å². The van der Waals surface area contributed by atoms with Gasteiger partial charge in [0.25, 0.3) is 0 Å². The molecule has 0 aliphatic rings. The first-order chi connectivity index (χ1) is 9.47. The Morgan fingerprint density at radius 2 is 1.80 bits per heavy atom. The number of carbonyl (C=O) groups is 1. The summed E-state index contributed by atoms with van der Waals surface area (Å²) in [4.78, 5) is 12.1. The van der Waals surface area contributed by atoms with Crippen LogP contribution in [-0.2, 0) is 11.2 Å². The molecule has 112 valence electrons. The molecule has 0 fully saturated rings. The summed E-state index contributed by atoms with van der Waals surface area (Å²) in [5.41, 5.74) is 0.583. The van der Waals surface area contributed by atoms with Gasteiger partial charge in [-0.25, -0.2) is 0 Å². The average Bonchev–Trinajstić information content (AvgIpc) is 2.46. The molecule has 0 bridgehead atoms. The second-order valence-corrected chi connectivity index (χ2v) is 5.86. The second kappa shape index (κ2) is 7.88. The van der Waals surface area contributed by atoms with Gasteiger partial charge in [0.1, 0.15) is 0 Å². The molecule has 1 amide bonds. The Labute approximate surface area is 136 Å². The molecule has 6 heteroatoms. The highest BCUT2D eigenvalue weighted by molar-refractivity contribution is 9.09. The van der Waals surface area contributed by atoms with E-state index in [1.165, 1.54) is 0 Å². The van der Waals surface area contributed by atoms with Gasteiger partial charge < -0.3 is 14.8 Å². The number of nitrogens with one attached hydrogen (secondary N) is 1. The van der Waals surface area contributed by atoms with Gasteiger partial charge in [-0.1, -0.05) is 37.9 Å². The van der Waals surface area contributed by atoms with Crippen LogP contribution in [0.5, 0.6) is 11.5 Å². The standard InChI is InChI=1S/C14H19Br2NO3/c1-14(8-15,9-16)17-13(18)7-10-4-5-11(19-2)12(6-10)20-3/h4-6H,7-9H2,1-3H3,(H,17,18). The van der Waals surface area contributed by atoms with Crippen molar-refractivity contribution < 1.29 is 14.3 Å². The molecule has 1 rings (SSSR count). The lowest BCUT2D eigenvalue weighted by Gasteiger charge is -2.26. The van der Waals surface area contributed by atoms with Crippen molar-refractivity contribution in [2.75, 3.05) is 24.9 Å². The highest BCUT2D eigenvalue weighted by Crippen LogP contribution is 2.27. The van der Waals surface area contributed by atoms with Crippen LogP contribution in [0.15, 0.2) is 18.2 Å². The van der Waals surface area contributed by atoms with Crippen molar-refractivity contribution in [3.63, 3.8) is 0 Å². The average molecular weight is 409 g/mol. The van der Waals surface area contributed by atoms with Crippen molar-refractivity contribution in [1.82, 2.24) is 5.32 Å². The first kappa shape index (κ1) is 17.3. The lowest BCUT2D eigenvalue weighted by Crippen LogP contribution is -2.49. The summed E-state index contributed by atoms with van der Waals surface area (Å²) in [7, 11) is 3.16. The number of alkyl halides is 2. The zero-order valence-corrected chi connectivity index (χ0v) is 15.0. The highest BCUT2D eigenvalue weighted by atomic mass is 79.9. The predicted molar refractivity (Wildman–Crippen MR) is 87.4 cm³/mol. The predicted octanol–water partition coefficient (Wildman–Crippen LogP) is 2.91. The quantitative estimate of drug-likeness (QED) is 0.705. The number of halogens is 2. The van der Waals surface area contributed by atoms with Gasteiger partial charge in [0.05, 0.1) is 26.2 Å². The Kier molecular flexibility index (Phi) is 6.82. The number of carbonyl (C=O) groups excluding carboxylic acids is 1. The normalized spacial score (nSPS) is 11.1. The summed E-state index contributed by atoms with van der Waals surface area (Å²) in [6.07, 6.45) is 0.302. The molecular weight excluding hydrogens is 390 g/mol.